The molecule has 0 bridgehead atoms. The Morgan fingerprint density at radius 3 is 2.68 bits per heavy atom. The lowest BCUT2D eigenvalue weighted by Gasteiger charge is -2.34. The summed E-state index contributed by atoms with van der Waals surface area (Å²) in [6.45, 7) is 13.6. The van der Waals surface area contributed by atoms with E-state index in [9.17, 15) is 4.79 Å². The van der Waals surface area contributed by atoms with Crippen LogP contribution < -0.4 is 5.32 Å². The van der Waals surface area contributed by atoms with Gasteiger partial charge in [0, 0.05) is 24.5 Å². The van der Waals surface area contributed by atoms with Crippen LogP contribution in [0.15, 0.2) is 0 Å². The molecule has 0 saturated carbocycles. The number of nitrogens with zero attached hydrogens (tertiary/aromatic N) is 1. The van der Waals surface area contributed by atoms with Gasteiger partial charge in [0.05, 0.1) is 12.7 Å². The molecule has 0 radical (unpaired) electrons. The first kappa shape index (κ1) is 16.4. The third kappa shape index (κ3) is 6.39. The summed E-state index contributed by atoms with van der Waals surface area (Å²) in [7, 11) is 0. The SMILES string of the molecule is CC(C)C(=O)N1CCO[C@@H](CCCNC(C)(C)C)C1. The van der Waals surface area contributed by atoms with Crippen LogP contribution in [0, 0.1) is 5.92 Å². The van der Waals surface area contributed by atoms with Crippen molar-refractivity contribution in [2.24, 2.45) is 5.92 Å². The molecule has 1 rings (SSSR count). The number of rotatable bonds is 5. The molecule has 0 aromatic carbocycles. The largest absolute Gasteiger partial charge is 0.375 e. The number of amides is 1. The maximum atomic E-state index is 12.0. The molecule has 0 spiro atoms. The predicted octanol–water partition coefficient (Wildman–Crippen LogP) is 2.04. The molecule has 0 unspecified atom stereocenters. The number of hydrogen-bond acceptors (Lipinski definition) is 3. The molecule has 19 heavy (non-hydrogen) atoms. The second-order valence-corrected chi connectivity index (χ2v) is 6.75. The van der Waals surface area contributed by atoms with Crippen molar-refractivity contribution >= 4 is 5.91 Å². The van der Waals surface area contributed by atoms with Crippen LogP contribution in [0.25, 0.3) is 0 Å². The molecule has 1 aliphatic rings. The molecule has 0 aromatic rings. The first-order valence-corrected chi connectivity index (χ1v) is 7.45. The van der Waals surface area contributed by atoms with Gasteiger partial charge in [0.25, 0.3) is 0 Å². The minimum Gasteiger partial charge on any atom is -0.375 e. The maximum absolute atomic E-state index is 12.0. The normalized spacial score (nSPS) is 20.9. The van der Waals surface area contributed by atoms with E-state index in [4.69, 9.17) is 4.74 Å². The van der Waals surface area contributed by atoms with Gasteiger partial charge >= 0.3 is 0 Å². The fourth-order valence-corrected chi connectivity index (χ4v) is 2.25. The Morgan fingerprint density at radius 1 is 1.42 bits per heavy atom. The van der Waals surface area contributed by atoms with Crippen molar-refractivity contribution in [2.75, 3.05) is 26.2 Å². The van der Waals surface area contributed by atoms with Gasteiger partial charge in [-0.25, -0.2) is 0 Å². The number of hydrogen-bond donors (Lipinski definition) is 1. The van der Waals surface area contributed by atoms with Crippen molar-refractivity contribution < 1.29 is 9.53 Å². The Hall–Kier alpha value is -0.610. The molecule has 112 valence electrons. The van der Waals surface area contributed by atoms with Gasteiger partial charge in [-0.05, 0) is 40.2 Å². The molecule has 1 atom stereocenters. The van der Waals surface area contributed by atoms with Crippen LogP contribution in [-0.2, 0) is 9.53 Å². The van der Waals surface area contributed by atoms with E-state index >= 15 is 0 Å². The summed E-state index contributed by atoms with van der Waals surface area (Å²) in [5, 5.41) is 3.48. The van der Waals surface area contributed by atoms with Gasteiger partial charge in [-0.1, -0.05) is 13.8 Å². The van der Waals surface area contributed by atoms with Crippen molar-refractivity contribution in [1.29, 1.82) is 0 Å². The molecule has 0 aliphatic carbocycles. The summed E-state index contributed by atoms with van der Waals surface area (Å²) >= 11 is 0. The van der Waals surface area contributed by atoms with E-state index in [0.717, 1.165) is 32.5 Å². The highest BCUT2D eigenvalue weighted by atomic mass is 16.5. The highest BCUT2D eigenvalue weighted by Crippen LogP contribution is 2.13. The lowest BCUT2D eigenvalue weighted by atomic mass is 10.1. The predicted molar refractivity (Wildman–Crippen MR) is 78.1 cm³/mol. The van der Waals surface area contributed by atoms with Gasteiger partial charge in [0.2, 0.25) is 5.91 Å². The summed E-state index contributed by atoms with van der Waals surface area (Å²) in [5.74, 6) is 0.336. The minimum absolute atomic E-state index is 0.0845. The fourth-order valence-electron chi connectivity index (χ4n) is 2.25. The van der Waals surface area contributed by atoms with Crippen LogP contribution in [-0.4, -0.2) is 48.7 Å². The zero-order valence-electron chi connectivity index (χ0n) is 13.2. The number of carbonyl (C=O) groups excluding carboxylic acids is 1. The van der Waals surface area contributed by atoms with Crippen LogP contribution in [0.3, 0.4) is 0 Å². The molecule has 1 fully saturated rings. The number of ether oxygens (including phenoxy) is 1. The zero-order valence-corrected chi connectivity index (χ0v) is 13.2. The first-order valence-electron chi connectivity index (χ1n) is 7.45. The highest BCUT2D eigenvalue weighted by Gasteiger charge is 2.25. The molecule has 4 nitrogen and oxygen atoms in total. The second kappa shape index (κ2) is 7.25. The lowest BCUT2D eigenvalue weighted by Crippen LogP contribution is -2.47. The van der Waals surface area contributed by atoms with Gasteiger partial charge in [0.1, 0.15) is 0 Å². The Balaban J connectivity index is 2.26. The van der Waals surface area contributed by atoms with Crippen molar-refractivity contribution in [1.82, 2.24) is 10.2 Å². The summed E-state index contributed by atoms with van der Waals surface area (Å²) in [4.78, 5) is 13.9. The smallest absolute Gasteiger partial charge is 0.225 e. The van der Waals surface area contributed by atoms with Crippen LogP contribution in [0.1, 0.15) is 47.5 Å². The third-order valence-corrected chi connectivity index (χ3v) is 3.30. The fraction of sp³-hybridized carbons (Fsp3) is 0.933. The topological polar surface area (TPSA) is 41.6 Å². The number of carbonyl (C=O) groups is 1. The molecular formula is C15H30N2O2. The molecule has 1 N–H and O–H groups in total. The van der Waals surface area contributed by atoms with Gasteiger partial charge < -0.3 is 15.0 Å². The summed E-state index contributed by atoms with van der Waals surface area (Å²) in [6.07, 6.45) is 2.31. The maximum Gasteiger partial charge on any atom is 0.225 e. The summed E-state index contributed by atoms with van der Waals surface area (Å²) in [5.41, 5.74) is 0.174. The van der Waals surface area contributed by atoms with E-state index in [2.05, 4.69) is 26.1 Å². The molecule has 1 aliphatic heterocycles. The van der Waals surface area contributed by atoms with Gasteiger partial charge in [-0.2, -0.15) is 0 Å². The molecular weight excluding hydrogens is 240 g/mol. The van der Waals surface area contributed by atoms with E-state index in [1.807, 2.05) is 18.7 Å². The van der Waals surface area contributed by atoms with Crippen LogP contribution in [0.4, 0.5) is 0 Å². The van der Waals surface area contributed by atoms with Crippen molar-refractivity contribution in [3.63, 3.8) is 0 Å². The molecule has 1 saturated heterocycles. The van der Waals surface area contributed by atoms with E-state index in [1.165, 1.54) is 0 Å². The Kier molecular flexibility index (Phi) is 6.27. The monoisotopic (exact) mass is 270 g/mol. The van der Waals surface area contributed by atoms with Gasteiger partial charge in [-0.15, -0.1) is 0 Å². The van der Waals surface area contributed by atoms with Crippen LogP contribution in [0.2, 0.25) is 0 Å². The van der Waals surface area contributed by atoms with Crippen LogP contribution >= 0.6 is 0 Å². The third-order valence-electron chi connectivity index (χ3n) is 3.30. The van der Waals surface area contributed by atoms with E-state index in [1.54, 1.807) is 0 Å². The standard InChI is InChI=1S/C15H30N2O2/c1-12(2)14(18)17-9-10-19-13(11-17)7-6-8-16-15(3,4)5/h12-13,16H,6-11H2,1-5H3/t13-/m0/s1. The van der Waals surface area contributed by atoms with Crippen LogP contribution in [0.5, 0.6) is 0 Å². The highest BCUT2D eigenvalue weighted by molar-refractivity contribution is 5.78. The Bertz CT molecular complexity index is 284. The number of nitrogens with one attached hydrogen (secondary N) is 1. The van der Waals surface area contributed by atoms with Crippen molar-refractivity contribution in [3.05, 3.63) is 0 Å². The second-order valence-electron chi connectivity index (χ2n) is 6.75. The first-order chi connectivity index (χ1) is 8.79. The average Bonchev–Trinajstić information content (AvgIpc) is 2.33. The molecule has 0 aromatic heterocycles. The minimum atomic E-state index is 0.0845. The Labute approximate surface area is 117 Å². The molecule has 1 amide bonds. The Morgan fingerprint density at radius 2 is 2.11 bits per heavy atom. The van der Waals surface area contributed by atoms with Gasteiger partial charge in [0.15, 0.2) is 0 Å². The number of morpholine rings is 1. The van der Waals surface area contributed by atoms with Crippen molar-refractivity contribution in [3.8, 4) is 0 Å². The quantitative estimate of drug-likeness (QED) is 0.777. The van der Waals surface area contributed by atoms with E-state index < -0.39 is 0 Å². The van der Waals surface area contributed by atoms with Crippen molar-refractivity contribution in [2.45, 2.75) is 59.1 Å². The summed E-state index contributed by atoms with van der Waals surface area (Å²) in [6, 6.07) is 0. The van der Waals surface area contributed by atoms with E-state index in [-0.39, 0.29) is 23.5 Å². The molecule has 4 heteroatoms. The molecule has 1 heterocycles. The zero-order chi connectivity index (χ0) is 14.5. The lowest BCUT2D eigenvalue weighted by molar-refractivity contribution is -0.142. The summed E-state index contributed by atoms with van der Waals surface area (Å²) < 4.78 is 5.75. The van der Waals surface area contributed by atoms with E-state index in [0.29, 0.717) is 6.61 Å². The van der Waals surface area contributed by atoms with Gasteiger partial charge in [-0.3, -0.25) is 4.79 Å². The average molecular weight is 270 g/mol.